The van der Waals surface area contributed by atoms with Gasteiger partial charge in [-0.1, -0.05) is 109 Å². The van der Waals surface area contributed by atoms with Crippen LogP contribution in [-0.2, 0) is 4.79 Å². The third-order valence-corrected chi connectivity index (χ3v) is 5.80. The maximum Gasteiger partial charge on any atom is 0.132 e. The van der Waals surface area contributed by atoms with E-state index in [2.05, 4.69) is 31.9 Å². The summed E-state index contributed by atoms with van der Waals surface area (Å²) in [7, 11) is 0. The Labute approximate surface area is 168 Å². The Balaban J connectivity index is 3.13. The summed E-state index contributed by atoms with van der Waals surface area (Å²) < 4.78 is 0. The number of carbonyl (C=O) groups excluding carboxylic acids is 1. The second kappa shape index (κ2) is 21.7. The molecule has 0 radical (unpaired) electrons. The third-order valence-electron chi connectivity index (χ3n) is 4.68. The second-order valence-corrected chi connectivity index (χ2v) is 8.66. The summed E-state index contributed by atoms with van der Waals surface area (Å²) in [6.45, 7) is 0. The molecule has 0 bridgehead atoms. The Kier molecular flexibility index (Phi) is 22.2. The quantitative estimate of drug-likeness (QED) is 0.130. The number of Topliss-reactive ketones (excluding diaryl/α,β-unsaturated/α-hetero) is 1. The van der Waals surface area contributed by atoms with E-state index in [0.29, 0.717) is 5.78 Å². The molecule has 0 aromatic rings. The smallest absolute Gasteiger partial charge is 0.132 e. The van der Waals surface area contributed by atoms with Crippen LogP contribution in [-0.4, -0.2) is 16.4 Å². The van der Waals surface area contributed by atoms with Gasteiger partial charge in [-0.05, 0) is 25.7 Å². The molecule has 0 aliphatic rings. The van der Waals surface area contributed by atoms with E-state index in [9.17, 15) is 4.79 Å². The average molecular weight is 468 g/mol. The van der Waals surface area contributed by atoms with E-state index in [1.807, 2.05) is 0 Å². The highest BCUT2D eigenvalue weighted by Gasteiger charge is 2.02. The molecule has 0 aliphatic heterocycles. The van der Waals surface area contributed by atoms with E-state index < -0.39 is 0 Å². The molecule has 3 heteroatoms. The van der Waals surface area contributed by atoms with E-state index in [4.69, 9.17) is 0 Å². The number of alkyl halides is 2. The van der Waals surface area contributed by atoms with Crippen LogP contribution < -0.4 is 0 Å². The standard InChI is InChI=1S/C21H40Br2O/c22-19-15-11-7-3-1-5-9-13-17-21(24)18-14-10-6-2-4-8-12-16-20-23/h1-20H2. The van der Waals surface area contributed by atoms with Gasteiger partial charge in [0, 0.05) is 23.5 Å². The van der Waals surface area contributed by atoms with Gasteiger partial charge in [0.1, 0.15) is 5.78 Å². The van der Waals surface area contributed by atoms with Crippen molar-refractivity contribution in [3.8, 4) is 0 Å². The van der Waals surface area contributed by atoms with E-state index in [1.165, 1.54) is 89.9 Å². The SMILES string of the molecule is O=C(CCCCCCCCCCBr)CCCCCCCCCCBr. The maximum atomic E-state index is 11.8. The Morgan fingerprint density at radius 1 is 0.417 bits per heavy atom. The van der Waals surface area contributed by atoms with Gasteiger partial charge in [0.25, 0.3) is 0 Å². The molecule has 0 spiro atoms. The normalized spacial score (nSPS) is 11.1. The van der Waals surface area contributed by atoms with Crippen LogP contribution >= 0.6 is 31.9 Å². The van der Waals surface area contributed by atoms with Crippen molar-refractivity contribution >= 4 is 37.6 Å². The molecular formula is C21H40Br2O. The van der Waals surface area contributed by atoms with Crippen LogP contribution in [0.15, 0.2) is 0 Å². The van der Waals surface area contributed by atoms with Gasteiger partial charge in [0.15, 0.2) is 0 Å². The van der Waals surface area contributed by atoms with Crippen LogP contribution in [0.25, 0.3) is 0 Å². The number of rotatable bonds is 20. The maximum absolute atomic E-state index is 11.8. The zero-order valence-corrected chi connectivity index (χ0v) is 19.0. The molecule has 0 saturated carbocycles. The highest BCUT2D eigenvalue weighted by Crippen LogP contribution is 2.13. The zero-order chi connectivity index (χ0) is 17.7. The van der Waals surface area contributed by atoms with Gasteiger partial charge in [0.05, 0.1) is 0 Å². The van der Waals surface area contributed by atoms with Gasteiger partial charge in [-0.15, -0.1) is 0 Å². The monoisotopic (exact) mass is 466 g/mol. The van der Waals surface area contributed by atoms with Crippen LogP contribution in [0.3, 0.4) is 0 Å². The van der Waals surface area contributed by atoms with Crippen molar-refractivity contribution in [3.05, 3.63) is 0 Å². The molecule has 0 fully saturated rings. The zero-order valence-electron chi connectivity index (χ0n) is 15.8. The fourth-order valence-corrected chi connectivity index (χ4v) is 3.87. The molecule has 0 aromatic heterocycles. The van der Waals surface area contributed by atoms with Gasteiger partial charge >= 0.3 is 0 Å². The molecule has 0 N–H and O–H groups in total. The summed E-state index contributed by atoms with van der Waals surface area (Å²) in [4.78, 5) is 11.8. The lowest BCUT2D eigenvalue weighted by molar-refractivity contribution is -0.119. The first kappa shape index (κ1) is 24.6. The predicted octanol–water partition coefficient (Wildman–Crippen LogP) is 8.37. The molecular weight excluding hydrogens is 428 g/mol. The molecule has 0 heterocycles. The van der Waals surface area contributed by atoms with Crippen LogP contribution in [0.2, 0.25) is 0 Å². The fourth-order valence-electron chi connectivity index (χ4n) is 3.08. The first-order valence-electron chi connectivity index (χ1n) is 10.4. The van der Waals surface area contributed by atoms with E-state index in [0.717, 1.165) is 36.3 Å². The van der Waals surface area contributed by atoms with Crippen molar-refractivity contribution in [2.75, 3.05) is 10.7 Å². The first-order chi connectivity index (χ1) is 11.8. The molecule has 144 valence electrons. The topological polar surface area (TPSA) is 17.1 Å². The number of ketones is 1. The number of carbonyl (C=O) groups is 1. The van der Waals surface area contributed by atoms with Crippen molar-refractivity contribution in [1.29, 1.82) is 0 Å². The van der Waals surface area contributed by atoms with Crippen molar-refractivity contribution in [1.82, 2.24) is 0 Å². The summed E-state index contributed by atoms with van der Waals surface area (Å²) in [6.07, 6.45) is 22.6. The van der Waals surface area contributed by atoms with Gasteiger partial charge < -0.3 is 0 Å². The molecule has 0 unspecified atom stereocenters. The lowest BCUT2D eigenvalue weighted by Gasteiger charge is -2.03. The molecule has 0 amide bonds. The van der Waals surface area contributed by atoms with E-state index in [1.54, 1.807) is 0 Å². The molecule has 0 rings (SSSR count). The second-order valence-electron chi connectivity index (χ2n) is 7.07. The molecule has 0 aromatic carbocycles. The minimum absolute atomic E-state index is 0.504. The summed E-state index contributed by atoms with van der Waals surface area (Å²) in [5.41, 5.74) is 0. The van der Waals surface area contributed by atoms with Crippen LogP contribution in [0.1, 0.15) is 116 Å². The molecule has 1 nitrogen and oxygen atoms in total. The number of unbranched alkanes of at least 4 members (excludes halogenated alkanes) is 14. The van der Waals surface area contributed by atoms with Gasteiger partial charge in [-0.25, -0.2) is 0 Å². The van der Waals surface area contributed by atoms with Crippen LogP contribution in [0.4, 0.5) is 0 Å². The lowest BCUT2D eigenvalue weighted by atomic mass is 10.0. The van der Waals surface area contributed by atoms with E-state index in [-0.39, 0.29) is 0 Å². The third kappa shape index (κ3) is 20.7. The van der Waals surface area contributed by atoms with Gasteiger partial charge in [-0.2, -0.15) is 0 Å². The number of hydrogen-bond acceptors (Lipinski definition) is 1. The molecule has 24 heavy (non-hydrogen) atoms. The average Bonchev–Trinajstić information content (AvgIpc) is 2.59. The highest BCUT2D eigenvalue weighted by molar-refractivity contribution is 9.09. The largest absolute Gasteiger partial charge is 0.300 e. The highest BCUT2D eigenvalue weighted by atomic mass is 79.9. The molecule has 0 aliphatic carbocycles. The van der Waals surface area contributed by atoms with Gasteiger partial charge in [-0.3, -0.25) is 4.79 Å². The summed E-state index contributed by atoms with van der Waals surface area (Å²) in [6, 6.07) is 0. The fraction of sp³-hybridized carbons (Fsp3) is 0.952. The summed E-state index contributed by atoms with van der Waals surface area (Å²) in [5.74, 6) is 0.504. The summed E-state index contributed by atoms with van der Waals surface area (Å²) in [5, 5.41) is 2.29. The minimum Gasteiger partial charge on any atom is -0.300 e. The lowest BCUT2D eigenvalue weighted by Crippen LogP contribution is -1.97. The molecule has 0 atom stereocenters. The Bertz CT molecular complexity index is 232. The van der Waals surface area contributed by atoms with Crippen LogP contribution in [0, 0.1) is 0 Å². The Morgan fingerprint density at radius 3 is 0.958 bits per heavy atom. The van der Waals surface area contributed by atoms with Crippen molar-refractivity contribution in [3.63, 3.8) is 0 Å². The molecule has 0 saturated heterocycles. The Hall–Kier alpha value is 0.630. The number of hydrogen-bond donors (Lipinski definition) is 0. The van der Waals surface area contributed by atoms with Crippen molar-refractivity contribution in [2.45, 2.75) is 116 Å². The first-order valence-corrected chi connectivity index (χ1v) is 12.7. The van der Waals surface area contributed by atoms with Crippen LogP contribution in [0.5, 0.6) is 0 Å². The van der Waals surface area contributed by atoms with Crippen molar-refractivity contribution in [2.24, 2.45) is 0 Å². The van der Waals surface area contributed by atoms with Crippen molar-refractivity contribution < 1.29 is 4.79 Å². The Morgan fingerprint density at radius 2 is 0.667 bits per heavy atom. The number of halogens is 2. The minimum atomic E-state index is 0.504. The van der Waals surface area contributed by atoms with Gasteiger partial charge in [0.2, 0.25) is 0 Å². The predicted molar refractivity (Wildman–Crippen MR) is 116 cm³/mol. The van der Waals surface area contributed by atoms with E-state index >= 15 is 0 Å². The summed E-state index contributed by atoms with van der Waals surface area (Å²) >= 11 is 6.95.